The van der Waals surface area contributed by atoms with Crippen molar-refractivity contribution in [2.45, 2.75) is 12.6 Å². The molecule has 1 saturated heterocycles. The van der Waals surface area contributed by atoms with Crippen LogP contribution >= 0.6 is 34.5 Å². The van der Waals surface area contributed by atoms with E-state index in [-0.39, 0.29) is 5.95 Å². The molecule has 206 valence electrons. The molecule has 0 aliphatic carbocycles. The Morgan fingerprint density at radius 3 is 2.38 bits per heavy atom. The van der Waals surface area contributed by atoms with E-state index in [1.807, 2.05) is 4.90 Å². The van der Waals surface area contributed by atoms with Gasteiger partial charge in [-0.2, -0.15) is 18.2 Å². The van der Waals surface area contributed by atoms with Crippen molar-refractivity contribution in [1.82, 2.24) is 19.9 Å². The molecule has 2 aromatic carbocycles. The van der Waals surface area contributed by atoms with Crippen molar-refractivity contribution in [3.63, 3.8) is 0 Å². The number of anilines is 5. The van der Waals surface area contributed by atoms with E-state index < -0.39 is 11.7 Å². The maximum atomic E-state index is 13.3. The van der Waals surface area contributed by atoms with E-state index in [0.717, 1.165) is 38.2 Å². The Balaban J connectivity index is 1.50. The number of morpholine rings is 1. The fourth-order valence-electron chi connectivity index (χ4n) is 4.25. The molecule has 39 heavy (non-hydrogen) atoms. The fourth-order valence-corrected chi connectivity index (χ4v) is 5.59. The number of hydrogen-bond acceptors (Lipinski definition) is 9. The molecule has 0 amide bonds. The number of thiazole rings is 1. The van der Waals surface area contributed by atoms with Gasteiger partial charge in [-0.3, -0.25) is 4.90 Å². The summed E-state index contributed by atoms with van der Waals surface area (Å²) in [6.45, 7) is 4.27. The Hall–Kier alpha value is -2.90. The topological polar surface area (TPSA) is 92.4 Å². The van der Waals surface area contributed by atoms with E-state index in [2.05, 4.69) is 20.2 Å². The number of benzene rings is 2. The molecule has 4 aromatic rings. The third kappa shape index (κ3) is 6.47. The first-order valence-electron chi connectivity index (χ1n) is 12.1. The molecule has 1 aliphatic heterocycles. The highest BCUT2D eigenvalue weighted by molar-refractivity contribution is 7.22. The average molecular weight is 598 g/mol. The summed E-state index contributed by atoms with van der Waals surface area (Å²) in [5.74, 6) is 0.419. The number of fused-ring (bicyclic) bond motifs is 1. The van der Waals surface area contributed by atoms with Crippen LogP contribution in [0.1, 0.15) is 12.0 Å². The Kier molecular flexibility index (Phi) is 8.29. The first kappa shape index (κ1) is 27.7. The van der Waals surface area contributed by atoms with Crippen LogP contribution in [0.15, 0.2) is 42.5 Å². The number of halogens is 5. The number of nitrogen functional groups attached to an aromatic ring is 1. The number of ether oxygens (including phenoxy) is 1. The third-order valence-electron chi connectivity index (χ3n) is 6.17. The van der Waals surface area contributed by atoms with Gasteiger partial charge in [-0.15, -0.1) is 0 Å². The maximum absolute atomic E-state index is 13.3. The molecule has 14 heteroatoms. The Morgan fingerprint density at radius 2 is 1.72 bits per heavy atom. The zero-order chi connectivity index (χ0) is 27.6. The van der Waals surface area contributed by atoms with Gasteiger partial charge in [0.05, 0.1) is 34.5 Å². The number of alkyl halides is 3. The smallest absolute Gasteiger partial charge is 0.379 e. The predicted molar refractivity (Wildman–Crippen MR) is 150 cm³/mol. The number of nitrogens with one attached hydrogen (secondary N) is 1. The molecule has 0 unspecified atom stereocenters. The standard InChI is InChI=1S/C25H24Cl2F3N7OS/c26-17-3-1-4-18(27)19(17)32-24-33-20-21(34-23(31)35-22(20)39-24)37(10-2-9-36-11-13-38-14-12-36)16-7-5-15(6-8-16)25(28,29)30/h1,3-8H,2,9-14H2,(H,32,33)(H2,31,34,35). The Bertz CT molecular complexity index is 1430. The molecule has 2 aromatic heterocycles. The van der Waals surface area contributed by atoms with E-state index >= 15 is 0 Å². The SMILES string of the molecule is Nc1nc(N(CCCN2CCOCC2)c2ccc(C(F)(F)F)cc2)c2nc(Nc3c(Cl)cccc3Cl)sc2n1. The number of aromatic nitrogens is 3. The summed E-state index contributed by atoms with van der Waals surface area (Å²) in [5.41, 5.74) is 6.81. The molecule has 0 atom stereocenters. The molecular formula is C25H24Cl2F3N7OS. The maximum Gasteiger partial charge on any atom is 0.416 e. The third-order valence-corrected chi connectivity index (χ3v) is 7.67. The molecular weight excluding hydrogens is 574 g/mol. The summed E-state index contributed by atoms with van der Waals surface area (Å²) in [4.78, 5) is 18.1. The molecule has 5 rings (SSSR count). The Morgan fingerprint density at radius 1 is 1.03 bits per heavy atom. The number of para-hydroxylation sites is 1. The van der Waals surface area contributed by atoms with E-state index in [4.69, 9.17) is 38.7 Å². The van der Waals surface area contributed by atoms with Crippen molar-refractivity contribution < 1.29 is 17.9 Å². The summed E-state index contributed by atoms with van der Waals surface area (Å²) in [6, 6.07) is 10.1. The van der Waals surface area contributed by atoms with E-state index in [1.165, 1.54) is 23.5 Å². The number of nitrogens with zero attached hydrogens (tertiary/aromatic N) is 5. The lowest BCUT2D eigenvalue weighted by Gasteiger charge is -2.29. The van der Waals surface area contributed by atoms with Gasteiger partial charge in [0.25, 0.3) is 0 Å². The number of rotatable bonds is 8. The van der Waals surface area contributed by atoms with Crippen LogP contribution < -0.4 is 16.0 Å². The minimum Gasteiger partial charge on any atom is -0.379 e. The quantitative estimate of drug-likeness (QED) is 0.235. The molecule has 0 saturated carbocycles. The monoisotopic (exact) mass is 597 g/mol. The van der Waals surface area contributed by atoms with Gasteiger partial charge in [0.2, 0.25) is 5.95 Å². The van der Waals surface area contributed by atoms with Gasteiger partial charge >= 0.3 is 6.18 Å². The van der Waals surface area contributed by atoms with Crippen molar-refractivity contribution in [2.24, 2.45) is 0 Å². The summed E-state index contributed by atoms with van der Waals surface area (Å²) in [7, 11) is 0. The minimum absolute atomic E-state index is 0.0218. The molecule has 0 radical (unpaired) electrons. The number of hydrogen-bond donors (Lipinski definition) is 2. The first-order chi connectivity index (χ1) is 18.7. The molecule has 3 N–H and O–H groups in total. The Labute approximate surface area is 236 Å². The number of nitrogens with two attached hydrogens (primary N) is 1. The van der Waals surface area contributed by atoms with Crippen LogP contribution in [-0.2, 0) is 10.9 Å². The summed E-state index contributed by atoms with van der Waals surface area (Å²) < 4.78 is 45.2. The molecule has 3 heterocycles. The van der Waals surface area contributed by atoms with Crippen LogP contribution in [0.3, 0.4) is 0 Å². The zero-order valence-corrected chi connectivity index (χ0v) is 22.8. The summed E-state index contributed by atoms with van der Waals surface area (Å²) in [5, 5.41) is 4.44. The van der Waals surface area contributed by atoms with Crippen LogP contribution in [0.2, 0.25) is 10.0 Å². The second-order valence-electron chi connectivity index (χ2n) is 8.80. The van der Waals surface area contributed by atoms with Crippen LogP contribution in [0.4, 0.5) is 41.4 Å². The van der Waals surface area contributed by atoms with Crippen molar-refractivity contribution in [1.29, 1.82) is 0 Å². The van der Waals surface area contributed by atoms with E-state index in [9.17, 15) is 13.2 Å². The predicted octanol–water partition coefficient (Wildman–Crippen LogP) is 6.60. The van der Waals surface area contributed by atoms with Crippen LogP contribution in [0.5, 0.6) is 0 Å². The van der Waals surface area contributed by atoms with Crippen molar-refractivity contribution in [3.05, 3.63) is 58.1 Å². The van der Waals surface area contributed by atoms with E-state index in [1.54, 1.807) is 18.2 Å². The summed E-state index contributed by atoms with van der Waals surface area (Å²) >= 11 is 13.9. The van der Waals surface area contributed by atoms with Crippen molar-refractivity contribution in [2.75, 3.05) is 55.3 Å². The lowest BCUT2D eigenvalue weighted by atomic mass is 10.1. The molecule has 8 nitrogen and oxygen atoms in total. The van der Waals surface area contributed by atoms with Gasteiger partial charge in [0.15, 0.2) is 15.8 Å². The average Bonchev–Trinajstić information content (AvgIpc) is 3.31. The first-order valence-corrected chi connectivity index (χ1v) is 13.7. The normalized spacial score (nSPS) is 14.6. The van der Waals surface area contributed by atoms with Gasteiger partial charge in [-0.1, -0.05) is 40.6 Å². The van der Waals surface area contributed by atoms with Crippen LogP contribution in [0.25, 0.3) is 10.3 Å². The highest BCUT2D eigenvalue weighted by Crippen LogP contribution is 2.39. The molecule has 0 spiro atoms. The second-order valence-corrected chi connectivity index (χ2v) is 10.6. The van der Waals surface area contributed by atoms with E-state index in [0.29, 0.717) is 62.5 Å². The van der Waals surface area contributed by atoms with Crippen molar-refractivity contribution in [3.8, 4) is 0 Å². The minimum atomic E-state index is -4.44. The molecule has 0 bridgehead atoms. The summed E-state index contributed by atoms with van der Waals surface area (Å²) in [6.07, 6.45) is -3.72. The zero-order valence-electron chi connectivity index (χ0n) is 20.5. The lowest BCUT2D eigenvalue weighted by Crippen LogP contribution is -2.37. The highest BCUT2D eigenvalue weighted by atomic mass is 35.5. The lowest BCUT2D eigenvalue weighted by molar-refractivity contribution is -0.137. The van der Waals surface area contributed by atoms with Gasteiger partial charge in [-0.05, 0) is 42.8 Å². The molecule has 1 fully saturated rings. The second kappa shape index (κ2) is 11.7. The van der Waals surface area contributed by atoms with Crippen LogP contribution in [0, 0.1) is 0 Å². The van der Waals surface area contributed by atoms with Gasteiger partial charge < -0.3 is 20.7 Å². The van der Waals surface area contributed by atoms with Crippen LogP contribution in [-0.4, -0.2) is 59.2 Å². The van der Waals surface area contributed by atoms with Gasteiger partial charge in [0, 0.05) is 31.9 Å². The van der Waals surface area contributed by atoms with Crippen molar-refractivity contribution >= 4 is 73.2 Å². The van der Waals surface area contributed by atoms with Gasteiger partial charge in [0.1, 0.15) is 5.52 Å². The fraction of sp³-hybridized carbons (Fsp3) is 0.320. The van der Waals surface area contributed by atoms with Gasteiger partial charge in [-0.25, -0.2) is 9.97 Å². The largest absolute Gasteiger partial charge is 0.416 e. The molecule has 1 aliphatic rings. The highest BCUT2D eigenvalue weighted by Gasteiger charge is 2.30.